The molecule has 6 nitrogen and oxygen atoms in total. The van der Waals surface area contributed by atoms with Crippen LogP contribution in [-0.4, -0.2) is 16.0 Å². The van der Waals surface area contributed by atoms with E-state index in [1.54, 1.807) is 31.3 Å². The van der Waals surface area contributed by atoms with Crippen molar-refractivity contribution >= 4 is 39.0 Å². The number of aryl methyl sites for hydroxylation is 2. The Morgan fingerprint density at radius 2 is 1.92 bits per heavy atom. The van der Waals surface area contributed by atoms with Crippen molar-refractivity contribution in [1.82, 2.24) is 10.1 Å². The Morgan fingerprint density at radius 1 is 1.12 bits per heavy atom. The van der Waals surface area contributed by atoms with Crippen molar-refractivity contribution in [3.05, 3.63) is 64.1 Å². The molecule has 122 valence electrons. The average molecular weight is 387 g/mol. The third-order valence-electron chi connectivity index (χ3n) is 3.33. The number of halogens is 1. The number of nitrogens with zero attached hydrogens (tertiary/aromatic N) is 2. The lowest BCUT2D eigenvalue weighted by Crippen LogP contribution is -2.13. The van der Waals surface area contributed by atoms with Crippen molar-refractivity contribution < 1.29 is 9.32 Å². The van der Waals surface area contributed by atoms with E-state index >= 15 is 0 Å². The molecule has 0 aliphatic carbocycles. The first-order valence-electron chi connectivity index (χ1n) is 7.25. The summed E-state index contributed by atoms with van der Waals surface area (Å²) < 4.78 is 5.93. The van der Waals surface area contributed by atoms with E-state index in [1.807, 2.05) is 25.1 Å². The summed E-state index contributed by atoms with van der Waals surface area (Å²) in [6.07, 6.45) is 1.61. The zero-order valence-electron chi connectivity index (χ0n) is 13.1. The summed E-state index contributed by atoms with van der Waals surface area (Å²) in [5, 5.41) is 9.59. The number of rotatable bonds is 4. The number of hydrogen-bond acceptors (Lipinski definition) is 5. The topological polar surface area (TPSA) is 80.0 Å². The number of nitrogens with one attached hydrogen (secondary N) is 2. The standard InChI is InChI=1S/C17H15BrN4O2/c1-10-3-4-12(8-14(10)18)20-13-5-6-15(19-9-13)17(23)21-16-7-11(2)24-22-16/h3-9,20H,1-2H3,(H,21,22,23). The molecule has 0 unspecified atom stereocenters. The van der Waals surface area contributed by atoms with Gasteiger partial charge in [0, 0.05) is 16.2 Å². The maximum absolute atomic E-state index is 12.1. The zero-order valence-corrected chi connectivity index (χ0v) is 14.7. The van der Waals surface area contributed by atoms with E-state index < -0.39 is 0 Å². The molecule has 2 aromatic heterocycles. The first kappa shape index (κ1) is 16.2. The number of carbonyl (C=O) groups is 1. The van der Waals surface area contributed by atoms with E-state index in [0.717, 1.165) is 21.4 Å². The normalized spacial score (nSPS) is 10.5. The van der Waals surface area contributed by atoms with Gasteiger partial charge in [-0.15, -0.1) is 0 Å². The molecule has 0 aliphatic rings. The van der Waals surface area contributed by atoms with Gasteiger partial charge >= 0.3 is 0 Å². The van der Waals surface area contributed by atoms with Crippen LogP contribution in [0.25, 0.3) is 0 Å². The summed E-state index contributed by atoms with van der Waals surface area (Å²) in [4.78, 5) is 16.3. The molecular weight excluding hydrogens is 372 g/mol. The van der Waals surface area contributed by atoms with Crippen LogP contribution in [0.2, 0.25) is 0 Å². The van der Waals surface area contributed by atoms with Gasteiger partial charge in [-0.05, 0) is 43.7 Å². The van der Waals surface area contributed by atoms with E-state index in [4.69, 9.17) is 4.52 Å². The molecule has 3 aromatic rings. The van der Waals surface area contributed by atoms with Gasteiger partial charge in [-0.1, -0.05) is 27.2 Å². The van der Waals surface area contributed by atoms with E-state index in [1.165, 1.54) is 0 Å². The van der Waals surface area contributed by atoms with Crippen LogP contribution in [0.1, 0.15) is 21.8 Å². The molecule has 2 heterocycles. The third kappa shape index (κ3) is 3.80. The van der Waals surface area contributed by atoms with Crippen LogP contribution in [0.3, 0.4) is 0 Å². The van der Waals surface area contributed by atoms with Gasteiger partial charge in [-0.2, -0.15) is 0 Å². The van der Waals surface area contributed by atoms with Crippen LogP contribution in [0.4, 0.5) is 17.2 Å². The molecule has 0 spiro atoms. The highest BCUT2D eigenvalue weighted by molar-refractivity contribution is 9.10. The predicted molar refractivity (Wildman–Crippen MR) is 95.6 cm³/mol. The third-order valence-corrected chi connectivity index (χ3v) is 4.18. The number of aromatic nitrogens is 2. The summed E-state index contributed by atoms with van der Waals surface area (Å²) in [7, 11) is 0. The fourth-order valence-electron chi connectivity index (χ4n) is 2.05. The molecule has 7 heteroatoms. The molecule has 0 atom stereocenters. The Labute approximate surface area is 147 Å². The second-order valence-corrected chi connectivity index (χ2v) is 6.15. The summed E-state index contributed by atoms with van der Waals surface area (Å²) >= 11 is 3.50. The van der Waals surface area contributed by atoms with Crippen LogP contribution in [-0.2, 0) is 0 Å². The summed E-state index contributed by atoms with van der Waals surface area (Å²) in [5.41, 5.74) is 3.18. The first-order chi connectivity index (χ1) is 11.5. The number of hydrogen-bond donors (Lipinski definition) is 2. The Morgan fingerprint density at radius 3 is 2.54 bits per heavy atom. The minimum absolute atomic E-state index is 0.297. The van der Waals surface area contributed by atoms with Gasteiger partial charge in [-0.3, -0.25) is 4.79 Å². The molecule has 1 amide bonds. The zero-order chi connectivity index (χ0) is 17.1. The molecule has 3 rings (SSSR count). The number of amides is 1. The van der Waals surface area contributed by atoms with Crippen molar-refractivity contribution in [2.75, 3.05) is 10.6 Å². The monoisotopic (exact) mass is 386 g/mol. The minimum atomic E-state index is -0.340. The van der Waals surface area contributed by atoms with Crippen LogP contribution < -0.4 is 10.6 Å². The van der Waals surface area contributed by atoms with Crippen LogP contribution in [0.15, 0.2) is 51.6 Å². The molecule has 0 saturated heterocycles. The lowest BCUT2D eigenvalue weighted by atomic mass is 10.2. The molecule has 0 fully saturated rings. The Hall–Kier alpha value is -2.67. The van der Waals surface area contributed by atoms with Gasteiger partial charge in [0.25, 0.3) is 5.91 Å². The van der Waals surface area contributed by atoms with E-state index in [9.17, 15) is 4.79 Å². The second kappa shape index (κ2) is 6.84. The highest BCUT2D eigenvalue weighted by Gasteiger charge is 2.10. The van der Waals surface area contributed by atoms with Gasteiger partial charge in [0.05, 0.1) is 11.9 Å². The Balaban J connectivity index is 1.68. The number of pyridine rings is 1. The summed E-state index contributed by atoms with van der Waals surface area (Å²) in [6, 6.07) is 11.1. The van der Waals surface area contributed by atoms with Crippen LogP contribution >= 0.6 is 15.9 Å². The smallest absolute Gasteiger partial charge is 0.275 e. The fourth-order valence-corrected chi connectivity index (χ4v) is 2.42. The quantitative estimate of drug-likeness (QED) is 0.692. The maximum atomic E-state index is 12.1. The average Bonchev–Trinajstić information content (AvgIpc) is 2.96. The molecular formula is C17H15BrN4O2. The first-order valence-corrected chi connectivity index (χ1v) is 8.04. The van der Waals surface area contributed by atoms with E-state index in [2.05, 4.69) is 36.7 Å². The Bertz CT molecular complexity index is 875. The molecule has 24 heavy (non-hydrogen) atoms. The Kier molecular flexibility index (Phi) is 4.61. The molecule has 2 N–H and O–H groups in total. The van der Waals surface area contributed by atoms with Gasteiger partial charge in [0.15, 0.2) is 5.82 Å². The highest BCUT2D eigenvalue weighted by atomic mass is 79.9. The largest absolute Gasteiger partial charge is 0.360 e. The number of benzene rings is 1. The summed E-state index contributed by atoms with van der Waals surface area (Å²) in [5.74, 6) is 0.654. The van der Waals surface area contributed by atoms with Crippen molar-refractivity contribution in [2.45, 2.75) is 13.8 Å². The van der Waals surface area contributed by atoms with Gasteiger partial charge in [-0.25, -0.2) is 4.98 Å². The predicted octanol–water partition coefficient (Wildman–Crippen LogP) is 4.44. The number of carbonyl (C=O) groups excluding carboxylic acids is 1. The van der Waals surface area contributed by atoms with Gasteiger partial charge in [0.2, 0.25) is 0 Å². The molecule has 1 aromatic carbocycles. The fraction of sp³-hybridized carbons (Fsp3) is 0.118. The molecule has 0 saturated carbocycles. The van der Waals surface area contributed by atoms with E-state index in [0.29, 0.717) is 17.3 Å². The van der Waals surface area contributed by atoms with Crippen LogP contribution in [0.5, 0.6) is 0 Å². The van der Waals surface area contributed by atoms with E-state index in [-0.39, 0.29) is 5.91 Å². The SMILES string of the molecule is Cc1cc(NC(=O)c2ccc(Nc3ccc(C)c(Br)c3)cn2)no1. The van der Waals surface area contributed by atoms with Crippen molar-refractivity contribution in [3.63, 3.8) is 0 Å². The lowest BCUT2D eigenvalue weighted by Gasteiger charge is -2.08. The summed E-state index contributed by atoms with van der Waals surface area (Å²) in [6.45, 7) is 3.78. The number of anilines is 3. The van der Waals surface area contributed by atoms with Crippen molar-refractivity contribution in [3.8, 4) is 0 Å². The van der Waals surface area contributed by atoms with Gasteiger partial charge in [0.1, 0.15) is 11.5 Å². The molecule has 0 radical (unpaired) electrons. The highest BCUT2D eigenvalue weighted by Crippen LogP contribution is 2.23. The molecule has 0 bridgehead atoms. The van der Waals surface area contributed by atoms with Crippen molar-refractivity contribution in [2.24, 2.45) is 0 Å². The maximum Gasteiger partial charge on any atom is 0.275 e. The molecule has 0 aliphatic heterocycles. The minimum Gasteiger partial charge on any atom is -0.360 e. The lowest BCUT2D eigenvalue weighted by molar-refractivity contribution is 0.102. The van der Waals surface area contributed by atoms with Crippen LogP contribution in [0, 0.1) is 13.8 Å². The van der Waals surface area contributed by atoms with Gasteiger partial charge < -0.3 is 15.2 Å². The second-order valence-electron chi connectivity index (χ2n) is 5.30. The van der Waals surface area contributed by atoms with Crippen molar-refractivity contribution in [1.29, 1.82) is 0 Å².